The van der Waals surface area contributed by atoms with Gasteiger partial charge in [0.1, 0.15) is 5.69 Å². The number of carboxylic acid groups (broad SMARTS) is 1. The zero-order valence-corrected chi connectivity index (χ0v) is 12.0. The molecule has 1 amide bonds. The van der Waals surface area contributed by atoms with Crippen molar-refractivity contribution in [2.75, 3.05) is 6.54 Å². The lowest BCUT2D eigenvalue weighted by molar-refractivity contribution is -0.138. The van der Waals surface area contributed by atoms with E-state index in [9.17, 15) is 9.59 Å². The normalized spacial score (nSPS) is 12.1. The van der Waals surface area contributed by atoms with Gasteiger partial charge in [-0.25, -0.2) is 4.98 Å². The molecular formula is C15H17N3O3. The molecule has 0 saturated carbocycles. The molecule has 6 nitrogen and oxygen atoms in total. The molecule has 0 aliphatic carbocycles. The van der Waals surface area contributed by atoms with Crippen molar-refractivity contribution in [1.82, 2.24) is 14.9 Å². The summed E-state index contributed by atoms with van der Waals surface area (Å²) in [6.45, 7) is 3.94. The van der Waals surface area contributed by atoms with Crippen LogP contribution >= 0.6 is 0 Å². The second-order valence-electron chi connectivity index (χ2n) is 4.78. The topological polar surface area (TPSA) is 83.4 Å². The van der Waals surface area contributed by atoms with Crippen LogP contribution < -0.4 is 0 Å². The second kappa shape index (κ2) is 6.30. The molecule has 0 bridgehead atoms. The first-order valence-electron chi connectivity index (χ1n) is 6.77. The minimum absolute atomic E-state index is 0.0966. The molecule has 1 atom stereocenters. The van der Waals surface area contributed by atoms with Crippen molar-refractivity contribution in [3.63, 3.8) is 0 Å². The number of benzene rings is 1. The van der Waals surface area contributed by atoms with Gasteiger partial charge in [0.05, 0.1) is 23.7 Å². The quantitative estimate of drug-likeness (QED) is 0.908. The van der Waals surface area contributed by atoms with E-state index in [0.29, 0.717) is 12.1 Å². The monoisotopic (exact) mass is 287 g/mol. The fraction of sp³-hybridized carbons (Fsp3) is 0.333. The Morgan fingerprint density at radius 3 is 2.57 bits per heavy atom. The largest absolute Gasteiger partial charge is 0.481 e. The van der Waals surface area contributed by atoms with Crippen LogP contribution in [0, 0.1) is 0 Å². The van der Waals surface area contributed by atoms with E-state index in [1.54, 1.807) is 13.0 Å². The Morgan fingerprint density at radius 1 is 1.29 bits per heavy atom. The minimum atomic E-state index is -0.932. The van der Waals surface area contributed by atoms with Crippen molar-refractivity contribution in [2.45, 2.75) is 26.3 Å². The number of carbonyl (C=O) groups is 2. The van der Waals surface area contributed by atoms with Crippen LogP contribution in [-0.4, -0.2) is 44.4 Å². The third-order valence-corrected chi connectivity index (χ3v) is 3.27. The Balaban J connectivity index is 2.28. The predicted molar refractivity (Wildman–Crippen MR) is 78.0 cm³/mol. The SMILES string of the molecule is CCN(C(=O)c1cnc2ccccc2n1)C(C)CC(=O)O. The van der Waals surface area contributed by atoms with Gasteiger partial charge >= 0.3 is 5.97 Å². The van der Waals surface area contributed by atoms with Crippen LogP contribution in [-0.2, 0) is 4.79 Å². The molecule has 0 aliphatic heterocycles. The van der Waals surface area contributed by atoms with Gasteiger partial charge in [0.15, 0.2) is 0 Å². The average Bonchev–Trinajstić information content (AvgIpc) is 2.46. The summed E-state index contributed by atoms with van der Waals surface area (Å²) in [6.07, 6.45) is 1.33. The Morgan fingerprint density at radius 2 is 1.95 bits per heavy atom. The number of hydrogen-bond acceptors (Lipinski definition) is 4. The van der Waals surface area contributed by atoms with Gasteiger partial charge in [0.2, 0.25) is 0 Å². The molecule has 0 aliphatic rings. The molecule has 1 aromatic heterocycles. The summed E-state index contributed by atoms with van der Waals surface area (Å²) < 4.78 is 0. The van der Waals surface area contributed by atoms with Crippen molar-refractivity contribution < 1.29 is 14.7 Å². The van der Waals surface area contributed by atoms with Gasteiger partial charge < -0.3 is 10.0 Å². The average molecular weight is 287 g/mol. The highest BCUT2D eigenvalue weighted by Gasteiger charge is 2.23. The number of carboxylic acids is 1. The summed E-state index contributed by atoms with van der Waals surface area (Å²) in [5.74, 6) is -1.23. The van der Waals surface area contributed by atoms with Gasteiger partial charge in [-0.15, -0.1) is 0 Å². The molecule has 0 spiro atoms. The number of para-hydroxylation sites is 2. The van der Waals surface area contributed by atoms with Crippen molar-refractivity contribution in [2.24, 2.45) is 0 Å². The zero-order valence-electron chi connectivity index (χ0n) is 12.0. The number of rotatable bonds is 5. The predicted octanol–water partition coefficient (Wildman–Crippen LogP) is 1.96. The lowest BCUT2D eigenvalue weighted by Gasteiger charge is -2.26. The maximum absolute atomic E-state index is 12.5. The van der Waals surface area contributed by atoms with Crippen molar-refractivity contribution in [3.8, 4) is 0 Å². The molecule has 110 valence electrons. The van der Waals surface area contributed by atoms with E-state index < -0.39 is 12.0 Å². The lowest BCUT2D eigenvalue weighted by atomic mass is 10.2. The highest BCUT2D eigenvalue weighted by molar-refractivity contribution is 5.94. The first kappa shape index (κ1) is 14.9. The first-order valence-corrected chi connectivity index (χ1v) is 6.77. The summed E-state index contributed by atoms with van der Waals surface area (Å²) in [5.41, 5.74) is 1.59. The maximum atomic E-state index is 12.5. The summed E-state index contributed by atoms with van der Waals surface area (Å²) >= 11 is 0. The second-order valence-corrected chi connectivity index (χ2v) is 4.78. The van der Waals surface area contributed by atoms with Gasteiger partial charge in [0.25, 0.3) is 5.91 Å². The van der Waals surface area contributed by atoms with E-state index in [0.717, 1.165) is 5.52 Å². The molecule has 21 heavy (non-hydrogen) atoms. The standard InChI is InChI=1S/C15H17N3O3/c1-3-18(10(2)8-14(19)20)15(21)13-9-16-11-6-4-5-7-12(11)17-13/h4-7,9-10H,3,8H2,1-2H3,(H,19,20). The Labute approximate surface area is 122 Å². The molecular weight excluding hydrogens is 270 g/mol. The molecule has 0 radical (unpaired) electrons. The number of nitrogens with zero attached hydrogens (tertiary/aromatic N) is 3. The molecule has 0 saturated heterocycles. The van der Waals surface area contributed by atoms with E-state index in [2.05, 4.69) is 9.97 Å². The third-order valence-electron chi connectivity index (χ3n) is 3.27. The van der Waals surface area contributed by atoms with Crippen molar-refractivity contribution in [1.29, 1.82) is 0 Å². The van der Waals surface area contributed by atoms with Crippen LogP contribution in [0.15, 0.2) is 30.5 Å². The van der Waals surface area contributed by atoms with Crippen LogP contribution in [0.1, 0.15) is 30.8 Å². The molecule has 1 aromatic carbocycles. The van der Waals surface area contributed by atoms with E-state index in [1.807, 2.05) is 25.1 Å². The highest BCUT2D eigenvalue weighted by Crippen LogP contribution is 2.12. The minimum Gasteiger partial charge on any atom is -0.481 e. The fourth-order valence-electron chi connectivity index (χ4n) is 2.23. The molecule has 1 unspecified atom stereocenters. The molecule has 2 rings (SSSR count). The number of carbonyl (C=O) groups excluding carboxylic acids is 1. The first-order chi connectivity index (χ1) is 10.0. The van der Waals surface area contributed by atoms with Crippen molar-refractivity contribution >= 4 is 22.9 Å². The lowest BCUT2D eigenvalue weighted by Crippen LogP contribution is -2.40. The Kier molecular flexibility index (Phi) is 4.47. The Hall–Kier alpha value is -2.50. The van der Waals surface area contributed by atoms with Crippen LogP contribution in [0.5, 0.6) is 0 Å². The number of fused-ring (bicyclic) bond motifs is 1. The molecule has 1 N–H and O–H groups in total. The van der Waals surface area contributed by atoms with Gasteiger partial charge in [-0.3, -0.25) is 14.6 Å². The molecule has 0 fully saturated rings. The Bertz CT molecular complexity index is 672. The smallest absolute Gasteiger partial charge is 0.305 e. The molecule has 6 heteroatoms. The molecule has 2 aromatic rings. The van der Waals surface area contributed by atoms with Crippen LogP contribution in [0.4, 0.5) is 0 Å². The van der Waals surface area contributed by atoms with E-state index >= 15 is 0 Å². The molecule has 1 heterocycles. The van der Waals surface area contributed by atoms with E-state index in [-0.39, 0.29) is 18.0 Å². The number of hydrogen-bond donors (Lipinski definition) is 1. The van der Waals surface area contributed by atoms with E-state index in [1.165, 1.54) is 11.1 Å². The van der Waals surface area contributed by atoms with E-state index in [4.69, 9.17) is 5.11 Å². The van der Waals surface area contributed by atoms with Gasteiger partial charge in [-0.2, -0.15) is 0 Å². The summed E-state index contributed by atoms with van der Waals surface area (Å²) in [5, 5.41) is 8.86. The van der Waals surface area contributed by atoms with Gasteiger partial charge in [-0.1, -0.05) is 12.1 Å². The summed E-state index contributed by atoms with van der Waals surface area (Å²) in [7, 11) is 0. The van der Waals surface area contributed by atoms with Crippen LogP contribution in [0.25, 0.3) is 11.0 Å². The van der Waals surface area contributed by atoms with Gasteiger partial charge in [0, 0.05) is 12.6 Å². The fourth-order valence-corrected chi connectivity index (χ4v) is 2.23. The van der Waals surface area contributed by atoms with Crippen LogP contribution in [0.2, 0.25) is 0 Å². The number of aromatic nitrogens is 2. The zero-order chi connectivity index (χ0) is 15.4. The summed E-state index contributed by atoms with van der Waals surface area (Å²) in [4.78, 5) is 33.3. The van der Waals surface area contributed by atoms with Crippen LogP contribution in [0.3, 0.4) is 0 Å². The summed E-state index contributed by atoms with van der Waals surface area (Å²) in [6, 6.07) is 6.90. The van der Waals surface area contributed by atoms with Crippen molar-refractivity contribution in [3.05, 3.63) is 36.2 Å². The maximum Gasteiger partial charge on any atom is 0.305 e. The third kappa shape index (κ3) is 3.34. The number of aliphatic carboxylic acids is 1. The van der Waals surface area contributed by atoms with Gasteiger partial charge in [-0.05, 0) is 26.0 Å². The highest BCUT2D eigenvalue weighted by atomic mass is 16.4. The number of amides is 1.